The molecule has 4 nitrogen and oxygen atoms in total. The second kappa shape index (κ2) is 4.74. The molecule has 0 saturated heterocycles. The molecule has 4 aromatic rings. The molecule has 22 heavy (non-hydrogen) atoms. The minimum atomic E-state index is 0.678. The molecular weight excluding hydrogens is 292 g/mol. The average molecular weight is 306 g/mol. The summed E-state index contributed by atoms with van der Waals surface area (Å²) in [4.78, 5) is 9.19. The lowest BCUT2D eigenvalue weighted by Gasteiger charge is -2.12. The highest BCUT2D eigenvalue weighted by Crippen LogP contribution is 2.20. The second-order valence-electron chi connectivity index (χ2n) is 5.25. The number of aryl methyl sites for hydroxylation is 2. The van der Waals surface area contributed by atoms with Crippen LogP contribution in [-0.2, 0) is 0 Å². The number of benzene rings is 2. The Morgan fingerprint density at radius 2 is 1.18 bits per heavy atom. The highest BCUT2D eigenvalue weighted by atomic mass is 32.1. The van der Waals surface area contributed by atoms with E-state index in [1.54, 1.807) is 0 Å². The number of hydrogen-bond acceptors (Lipinski definition) is 3. The van der Waals surface area contributed by atoms with E-state index in [4.69, 9.17) is 12.2 Å². The van der Waals surface area contributed by atoms with Crippen LogP contribution in [0.25, 0.3) is 22.1 Å². The molecule has 0 aliphatic carbocycles. The lowest BCUT2D eigenvalue weighted by molar-refractivity contribution is 0.972. The van der Waals surface area contributed by atoms with Crippen molar-refractivity contribution in [3.63, 3.8) is 0 Å². The monoisotopic (exact) mass is 306 g/mol. The summed E-state index contributed by atoms with van der Waals surface area (Å²) >= 11 is 5.77. The third-order valence-electron chi connectivity index (χ3n) is 3.84. The molecule has 0 N–H and O–H groups in total. The molecule has 2 heterocycles. The SMILES string of the molecule is Cc1nc2ccccc2n1C(=S)n1c(C)nc2ccccc21. The summed E-state index contributed by atoms with van der Waals surface area (Å²) in [5.41, 5.74) is 3.93. The largest absolute Gasteiger partial charge is 0.272 e. The summed E-state index contributed by atoms with van der Waals surface area (Å²) in [7, 11) is 0. The number of aromatic nitrogens is 4. The molecule has 0 fully saturated rings. The predicted octanol–water partition coefficient (Wildman–Crippen LogP) is 3.68. The van der Waals surface area contributed by atoms with Crippen molar-refractivity contribution in [2.24, 2.45) is 0 Å². The Hall–Kier alpha value is -2.53. The number of nitrogens with zero attached hydrogens (tertiary/aromatic N) is 4. The van der Waals surface area contributed by atoms with Gasteiger partial charge >= 0.3 is 0 Å². The topological polar surface area (TPSA) is 35.6 Å². The molecule has 0 amide bonds. The normalized spacial score (nSPS) is 11.4. The van der Waals surface area contributed by atoms with Crippen LogP contribution in [0, 0.1) is 13.8 Å². The molecule has 108 valence electrons. The third kappa shape index (κ3) is 1.79. The fourth-order valence-electron chi connectivity index (χ4n) is 2.88. The van der Waals surface area contributed by atoms with E-state index < -0.39 is 0 Å². The van der Waals surface area contributed by atoms with Gasteiger partial charge in [0, 0.05) is 0 Å². The minimum absolute atomic E-state index is 0.678. The van der Waals surface area contributed by atoms with Crippen molar-refractivity contribution in [2.75, 3.05) is 0 Å². The summed E-state index contributed by atoms with van der Waals surface area (Å²) in [5, 5.41) is 0.678. The van der Waals surface area contributed by atoms with Crippen LogP contribution in [0.5, 0.6) is 0 Å². The van der Waals surface area contributed by atoms with Gasteiger partial charge in [0.1, 0.15) is 11.6 Å². The molecule has 2 aromatic heterocycles. The standard InChI is InChI=1S/C17H14N4S/c1-11-18-13-7-3-5-9-15(13)20(11)17(22)21-12(2)19-14-8-4-6-10-16(14)21/h3-10H,1-2H3. The van der Waals surface area contributed by atoms with Crippen LogP contribution in [0.15, 0.2) is 48.5 Å². The molecule has 0 bridgehead atoms. The highest BCUT2D eigenvalue weighted by molar-refractivity contribution is 7.80. The molecule has 0 spiro atoms. The molecule has 5 heteroatoms. The lowest BCUT2D eigenvalue weighted by Crippen LogP contribution is -2.21. The number of hydrogen-bond donors (Lipinski definition) is 0. The minimum Gasteiger partial charge on any atom is -0.272 e. The van der Waals surface area contributed by atoms with Crippen molar-refractivity contribution in [1.82, 2.24) is 19.1 Å². The van der Waals surface area contributed by atoms with Crippen LogP contribution in [-0.4, -0.2) is 24.2 Å². The summed E-state index contributed by atoms with van der Waals surface area (Å²) in [6.07, 6.45) is 0. The Morgan fingerprint density at radius 3 is 1.64 bits per heavy atom. The summed E-state index contributed by atoms with van der Waals surface area (Å²) < 4.78 is 4.01. The summed E-state index contributed by atoms with van der Waals surface area (Å²) in [6.45, 7) is 3.95. The Kier molecular flexibility index (Phi) is 2.84. The molecule has 0 aliphatic heterocycles. The maximum Gasteiger partial charge on any atom is 0.192 e. The van der Waals surface area contributed by atoms with Gasteiger partial charge in [-0.25, -0.2) is 9.97 Å². The zero-order valence-electron chi connectivity index (χ0n) is 12.3. The number of imidazole rings is 2. The van der Waals surface area contributed by atoms with Crippen molar-refractivity contribution in [1.29, 1.82) is 0 Å². The fraction of sp³-hybridized carbons (Fsp3) is 0.118. The van der Waals surface area contributed by atoms with Crippen molar-refractivity contribution < 1.29 is 0 Å². The van der Waals surface area contributed by atoms with Crippen LogP contribution in [0.1, 0.15) is 11.6 Å². The van der Waals surface area contributed by atoms with Crippen molar-refractivity contribution >= 4 is 39.4 Å². The zero-order valence-corrected chi connectivity index (χ0v) is 13.1. The van der Waals surface area contributed by atoms with Gasteiger partial charge in [-0.15, -0.1) is 0 Å². The van der Waals surface area contributed by atoms with E-state index in [1.165, 1.54) is 0 Å². The first-order chi connectivity index (χ1) is 10.7. The van der Waals surface area contributed by atoms with E-state index in [1.807, 2.05) is 71.5 Å². The first-order valence-electron chi connectivity index (χ1n) is 7.09. The smallest absolute Gasteiger partial charge is 0.192 e. The van der Waals surface area contributed by atoms with E-state index >= 15 is 0 Å². The fourth-order valence-corrected chi connectivity index (χ4v) is 3.34. The Labute approximate surface area is 133 Å². The molecule has 0 radical (unpaired) electrons. The van der Waals surface area contributed by atoms with Gasteiger partial charge in [0.25, 0.3) is 0 Å². The van der Waals surface area contributed by atoms with Gasteiger partial charge in [-0.1, -0.05) is 24.3 Å². The van der Waals surface area contributed by atoms with Gasteiger partial charge in [-0.05, 0) is 50.3 Å². The van der Waals surface area contributed by atoms with Crippen molar-refractivity contribution in [2.45, 2.75) is 13.8 Å². The quantitative estimate of drug-likeness (QED) is 0.465. The van der Waals surface area contributed by atoms with E-state index in [9.17, 15) is 0 Å². The lowest BCUT2D eigenvalue weighted by atomic mass is 10.3. The molecule has 2 aromatic carbocycles. The van der Waals surface area contributed by atoms with Gasteiger partial charge in [0.05, 0.1) is 22.1 Å². The molecular formula is C17H14N4S. The van der Waals surface area contributed by atoms with Crippen LogP contribution in [0.4, 0.5) is 0 Å². The Bertz CT molecular complexity index is 944. The number of para-hydroxylation sites is 4. The van der Waals surface area contributed by atoms with Crippen molar-refractivity contribution in [3.05, 3.63) is 60.2 Å². The summed E-state index contributed by atoms with van der Waals surface area (Å²) in [6, 6.07) is 16.1. The van der Waals surface area contributed by atoms with Gasteiger partial charge < -0.3 is 0 Å². The first-order valence-corrected chi connectivity index (χ1v) is 7.50. The molecule has 0 aliphatic rings. The van der Waals surface area contributed by atoms with Gasteiger partial charge in [-0.3, -0.25) is 9.13 Å². The Morgan fingerprint density at radius 1 is 0.773 bits per heavy atom. The van der Waals surface area contributed by atoms with Gasteiger partial charge in [0.2, 0.25) is 0 Å². The maximum atomic E-state index is 5.77. The predicted molar refractivity (Wildman–Crippen MR) is 92.3 cm³/mol. The maximum absolute atomic E-state index is 5.77. The first kappa shape index (κ1) is 13.2. The van der Waals surface area contributed by atoms with E-state index in [2.05, 4.69) is 9.97 Å². The van der Waals surface area contributed by atoms with E-state index in [-0.39, 0.29) is 0 Å². The number of rotatable bonds is 0. The second-order valence-corrected chi connectivity index (χ2v) is 5.61. The molecule has 0 unspecified atom stereocenters. The van der Waals surface area contributed by atoms with Crippen LogP contribution in [0.3, 0.4) is 0 Å². The molecule has 0 saturated carbocycles. The summed E-state index contributed by atoms with van der Waals surface area (Å²) in [5.74, 6) is 1.76. The molecule has 0 atom stereocenters. The number of fused-ring (bicyclic) bond motifs is 2. The van der Waals surface area contributed by atoms with Crippen LogP contribution < -0.4 is 0 Å². The van der Waals surface area contributed by atoms with E-state index in [0.717, 1.165) is 33.7 Å². The van der Waals surface area contributed by atoms with Gasteiger partial charge in [-0.2, -0.15) is 0 Å². The van der Waals surface area contributed by atoms with Crippen molar-refractivity contribution in [3.8, 4) is 0 Å². The molecule has 4 rings (SSSR count). The highest BCUT2D eigenvalue weighted by Gasteiger charge is 2.16. The van der Waals surface area contributed by atoms with Crippen LogP contribution >= 0.6 is 12.2 Å². The Balaban J connectivity index is 2.00. The van der Waals surface area contributed by atoms with Gasteiger partial charge in [0.15, 0.2) is 5.11 Å². The third-order valence-corrected chi connectivity index (χ3v) is 4.20. The van der Waals surface area contributed by atoms with Crippen LogP contribution in [0.2, 0.25) is 0 Å². The number of thiocarbonyl (C=S) groups is 1. The average Bonchev–Trinajstić information content (AvgIpc) is 3.01. The van der Waals surface area contributed by atoms with E-state index in [0.29, 0.717) is 5.11 Å². The zero-order chi connectivity index (χ0) is 15.3.